The van der Waals surface area contributed by atoms with E-state index in [0.717, 1.165) is 12.8 Å². The van der Waals surface area contributed by atoms with Gasteiger partial charge in [-0.3, -0.25) is 9.69 Å². The van der Waals surface area contributed by atoms with Gasteiger partial charge in [-0.25, -0.2) is 0 Å². The Morgan fingerprint density at radius 1 is 1.41 bits per heavy atom. The Balaban J connectivity index is 2.42. The number of carbonyl (C=O) groups is 1. The lowest BCUT2D eigenvalue weighted by atomic mass is 9.90. The third kappa shape index (κ3) is 3.96. The fourth-order valence-corrected chi connectivity index (χ4v) is 2.52. The molecule has 0 aliphatic heterocycles. The second kappa shape index (κ2) is 6.97. The van der Waals surface area contributed by atoms with Crippen LogP contribution in [0.1, 0.15) is 39.5 Å². The molecule has 4 nitrogen and oxygen atoms in total. The van der Waals surface area contributed by atoms with Gasteiger partial charge in [0.15, 0.2) is 0 Å². The van der Waals surface area contributed by atoms with Crippen LogP contribution >= 0.6 is 0 Å². The van der Waals surface area contributed by atoms with Crippen LogP contribution in [0.3, 0.4) is 0 Å². The van der Waals surface area contributed by atoms with E-state index >= 15 is 0 Å². The predicted molar refractivity (Wildman–Crippen MR) is 69.0 cm³/mol. The summed E-state index contributed by atoms with van der Waals surface area (Å²) in [5, 5.41) is 3.33. The van der Waals surface area contributed by atoms with Crippen molar-refractivity contribution in [2.24, 2.45) is 0 Å². The average molecular weight is 242 g/mol. The summed E-state index contributed by atoms with van der Waals surface area (Å²) in [4.78, 5) is 13.8. The molecular weight excluding hydrogens is 216 g/mol. The smallest absolute Gasteiger partial charge is 0.323 e. The standard InChI is InChI=1S/C13H26N2O2/c1-5-17-13(16)10(2)15(4)12-8-6-11(14-3)7-9-12/h10-12,14H,5-9H2,1-4H3. The fourth-order valence-electron chi connectivity index (χ4n) is 2.52. The minimum Gasteiger partial charge on any atom is -0.465 e. The lowest BCUT2D eigenvalue weighted by Gasteiger charge is -2.36. The van der Waals surface area contributed by atoms with Crippen molar-refractivity contribution in [3.05, 3.63) is 0 Å². The predicted octanol–water partition coefficient (Wildman–Crippen LogP) is 1.40. The molecule has 0 radical (unpaired) electrons. The monoisotopic (exact) mass is 242 g/mol. The van der Waals surface area contributed by atoms with Gasteiger partial charge in [0.25, 0.3) is 0 Å². The molecule has 0 heterocycles. The van der Waals surface area contributed by atoms with Crippen LogP contribution in [0.2, 0.25) is 0 Å². The molecular formula is C13H26N2O2. The molecule has 1 N–H and O–H groups in total. The third-order valence-electron chi connectivity index (χ3n) is 3.92. The number of rotatable bonds is 5. The maximum Gasteiger partial charge on any atom is 0.323 e. The summed E-state index contributed by atoms with van der Waals surface area (Å²) in [7, 11) is 4.06. The van der Waals surface area contributed by atoms with Gasteiger partial charge < -0.3 is 10.1 Å². The summed E-state index contributed by atoms with van der Waals surface area (Å²) >= 11 is 0. The second-order valence-corrected chi connectivity index (χ2v) is 4.89. The number of hydrogen-bond donors (Lipinski definition) is 1. The highest BCUT2D eigenvalue weighted by Crippen LogP contribution is 2.23. The van der Waals surface area contributed by atoms with E-state index in [0.29, 0.717) is 18.7 Å². The van der Waals surface area contributed by atoms with Gasteiger partial charge in [0.1, 0.15) is 6.04 Å². The van der Waals surface area contributed by atoms with E-state index < -0.39 is 0 Å². The molecule has 1 saturated carbocycles. The molecule has 0 spiro atoms. The summed E-state index contributed by atoms with van der Waals surface area (Å²) in [5.74, 6) is -0.106. The first-order valence-electron chi connectivity index (χ1n) is 6.66. The van der Waals surface area contributed by atoms with E-state index in [4.69, 9.17) is 4.74 Å². The summed E-state index contributed by atoms with van der Waals surface area (Å²) < 4.78 is 5.06. The van der Waals surface area contributed by atoms with Gasteiger partial charge >= 0.3 is 5.97 Å². The largest absolute Gasteiger partial charge is 0.465 e. The van der Waals surface area contributed by atoms with Crippen molar-refractivity contribution in [2.45, 2.75) is 57.7 Å². The molecule has 4 heteroatoms. The zero-order valence-electron chi connectivity index (χ0n) is 11.5. The van der Waals surface area contributed by atoms with Gasteiger partial charge in [-0.2, -0.15) is 0 Å². The van der Waals surface area contributed by atoms with Crippen molar-refractivity contribution in [1.29, 1.82) is 0 Å². The van der Waals surface area contributed by atoms with Crippen molar-refractivity contribution in [2.75, 3.05) is 20.7 Å². The van der Waals surface area contributed by atoms with E-state index in [-0.39, 0.29) is 12.0 Å². The zero-order chi connectivity index (χ0) is 12.8. The van der Waals surface area contributed by atoms with Crippen LogP contribution in [-0.4, -0.2) is 49.7 Å². The third-order valence-corrected chi connectivity index (χ3v) is 3.92. The van der Waals surface area contributed by atoms with Gasteiger partial charge in [-0.1, -0.05) is 0 Å². The normalized spacial score (nSPS) is 26.9. The molecule has 0 aromatic carbocycles. The van der Waals surface area contributed by atoms with E-state index in [1.54, 1.807) is 0 Å². The van der Waals surface area contributed by atoms with Crippen molar-refractivity contribution >= 4 is 5.97 Å². The molecule has 1 unspecified atom stereocenters. The van der Waals surface area contributed by atoms with Crippen molar-refractivity contribution in [1.82, 2.24) is 10.2 Å². The Hall–Kier alpha value is -0.610. The zero-order valence-corrected chi connectivity index (χ0v) is 11.5. The van der Waals surface area contributed by atoms with Crippen LogP contribution in [0.15, 0.2) is 0 Å². The molecule has 1 fully saturated rings. The van der Waals surface area contributed by atoms with E-state index in [2.05, 4.69) is 10.2 Å². The Morgan fingerprint density at radius 3 is 2.47 bits per heavy atom. The first-order valence-corrected chi connectivity index (χ1v) is 6.66. The number of carbonyl (C=O) groups excluding carboxylic acids is 1. The van der Waals surface area contributed by atoms with Gasteiger partial charge in [0, 0.05) is 12.1 Å². The van der Waals surface area contributed by atoms with Gasteiger partial charge in [-0.05, 0) is 53.6 Å². The van der Waals surface area contributed by atoms with Gasteiger partial charge in [-0.15, -0.1) is 0 Å². The molecule has 17 heavy (non-hydrogen) atoms. The van der Waals surface area contributed by atoms with E-state index in [1.807, 2.05) is 27.9 Å². The first-order chi connectivity index (χ1) is 8.10. The molecule has 100 valence electrons. The number of ether oxygens (including phenoxy) is 1. The summed E-state index contributed by atoms with van der Waals surface area (Å²) in [6.07, 6.45) is 4.71. The molecule has 0 amide bonds. The SMILES string of the molecule is CCOC(=O)C(C)N(C)C1CCC(NC)CC1. The Bertz CT molecular complexity index is 238. The summed E-state index contributed by atoms with van der Waals surface area (Å²) in [6.45, 7) is 4.24. The second-order valence-electron chi connectivity index (χ2n) is 4.89. The molecule has 1 aliphatic rings. The number of likely N-dealkylation sites (N-methyl/N-ethyl adjacent to an activating group) is 1. The van der Waals surface area contributed by atoms with Crippen LogP contribution in [0.4, 0.5) is 0 Å². The average Bonchev–Trinajstić information content (AvgIpc) is 2.37. The van der Waals surface area contributed by atoms with Crippen LogP contribution < -0.4 is 5.32 Å². The lowest BCUT2D eigenvalue weighted by Crippen LogP contribution is -2.46. The minimum atomic E-state index is -0.133. The van der Waals surface area contributed by atoms with Crippen LogP contribution in [0.5, 0.6) is 0 Å². The number of esters is 1. The summed E-state index contributed by atoms with van der Waals surface area (Å²) in [6, 6.07) is 1.03. The first kappa shape index (κ1) is 14.5. The van der Waals surface area contributed by atoms with Crippen molar-refractivity contribution in [3.8, 4) is 0 Å². The topological polar surface area (TPSA) is 41.6 Å². The Morgan fingerprint density at radius 2 is 2.00 bits per heavy atom. The highest BCUT2D eigenvalue weighted by Gasteiger charge is 2.29. The fraction of sp³-hybridized carbons (Fsp3) is 0.923. The van der Waals surface area contributed by atoms with Gasteiger partial charge in [0.05, 0.1) is 6.61 Å². The number of nitrogens with zero attached hydrogens (tertiary/aromatic N) is 1. The number of hydrogen-bond acceptors (Lipinski definition) is 4. The van der Waals surface area contributed by atoms with Crippen LogP contribution in [0.25, 0.3) is 0 Å². The van der Waals surface area contributed by atoms with Gasteiger partial charge in [0.2, 0.25) is 0 Å². The van der Waals surface area contributed by atoms with Crippen molar-refractivity contribution < 1.29 is 9.53 Å². The number of nitrogens with one attached hydrogen (secondary N) is 1. The molecule has 1 rings (SSSR count). The maximum absolute atomic E-state index is 11.7. The quantitative estimate of drug-likeness (QED) is 0.740. The summed E-state index contributed by atoms with van der Waals surface area (Å²) in [5.41, 5.74) is 0. The Labute approximate surface area is 105 Å². The molecule has 0 aromatic rings. The lowest BCUT2D eigenvalue weighted by molar-refractivity contribution is -0.149. The molecule has 0 saturated heterocycles. The molecule has 1 aliphatic carbocycles. The highest BCUT2D eigenvalue weighted by atomic mass is 16.5. The molecule has 1 atom stereocenters. The molecule has 0 bridgehead atoms. The van der Waals surface area contributed by atoms with Crippen LogP contribution in [0, 0.1) is 0 Å². The molecule has 0 aromatic heterocycles. The minimum absolute atomic E-state index is 0.106. The van der Waals surface area contributed by atoms with E-state index in [9.17, 15) is 4.79 Å². The Kier molecular flexibility index (Phi) is 5.92. The van der Waals surface area contributed by atoms with Crippen molar-refractivity contribution in [3.63, 3.8) is 0 Å². The maximum atomic E-state index is 11.7. The van der Waals surface area contributed by atoms with E-state index in [1.165, 1.54) is 12.8 Å². The highest BCUT2D eigenvalue weighted by molar-refractivity contribution is 5.75. The van der Waals surface area contributed by atoms with Crippen LogP contribution in [-0.2, 0) is 9.53 Å².